The molecular weight excluding hydrogens is 238 g/mol. The van der Waals surface area contributed by atoms with E-state index in [1.54, 1.807) is 6.92 Å². The Bertz CT molecular complexity index is 323. The van der Waals surface area contributed by atoms with Crippen LogP contribution in [-0.2, 0) is 0 Å². The van der Waals surface area contributed by atoms with Crippen molar-refractivity contribution >= 4 is 11.5 Å². The fourth-order valence-electron chi connectivity index (χ4n) is 1.06. The molecule has 0 aliphatic heterocycles. The Hall–Kier alpha value is -1.26. The number of nitrogens with two attached hydrogens (primary N) is 2. The minimum Gasteiger partial charge on any atom is -1.00 e. The molecule has 5 heteroatoms. The second kappa shape index (κ2) is 9.93. The number of aliphatic hydroxyl groups is 1. The molecule has 0 bridgehead atoms. The lowest BCUT2D eigenvalue weighted by Gasteiger charge is -1.98. The van der Waals surface area contributed by atoms with Crippen molar-refractivity contribution in [3.63, 3.8) is 0 Å². The third-order valence-corrected chi connectivity index (χ3v) is 1.67. The van der Waals surface area contributed by atoms with E-state index in [1.807, 2.05) is 38.1 Å². The number of rotatable bonds is 2. The molecule has 0 fully saturated rings. The molecule has 0 aromatic heterocycles. The van der Waals surface area contributed by atoms with Crippen molar-refractivity contribution in [2.75, 3.05) is 12.3 Å². The van der Waals surface area contributed by atoms with Crippen LogP contribution in [0, 0.1) is 0 Å². The number of benzene rings is 1. The van der Waals surface area contributed by atoms with Gasteiger partial charge in [-0.3, -0.25) is 10.7 Å². The Labute approximate surface area is 109 Å². The standard InChI is InChI=1S/C10H15N3.C2H6O.ClH/c1-7(2)13-10(12)8-3-5-9(11)6-4-8;1-2-3;/h3-7H,11H2,1-2H3,(H2,12,13);3H,2H2,1H3;1H. The van der Waals surface area contributed by atoms with Crippen molar-refractivity contribution in [3.05, 3.63) is 29.8 Å². The third-order valence-electron chi connectivity index (χ3n) is 1.67. The minimum absolute atomic E-state index is 0. The molecular formula is C12H22ClN3O. The monoisotopic (exact) mass is 259 g/mol. The Balaban J connectivity index is 0. The second-order valence-corrected chi connectivity index (χ2v) is 3.65. The van der Waals surface area contributed by atoms with Gasteiger partial charge < -0.3 is 23.2 Å². The maximum absolute atomic E-state index is 7.57. The molecule has 4 nitrogen and oxygen atoms in total. The highest BCUT2D eigenvalue weighted by Gasteiger charge is 2.03. The van der Waals surface area contributed by atoms with Gasteiger partial charge in [0.25, 0.3) is 5.84 Å². The first kappa shape index (κ1) is 18.1. The molecule has 98 valence electrons. The maximum atomic E-state index is 7.57. The normalized spacial score (nSPS) is 10.3. The van der Waals surface area contributed by atoms with Gasteiger partial charge in [-0.15, -0.1) is 0 Å². The molecule has 0 radical (unpaired) electrons. The lowest BCUT2D eigenvalue weighted by molar-refractivity contribution is -0.493. The molecule has 0 heterocycles. The fourth-order valence-corrected chi connectivity index (χ4v) is 1.06. The van der Waals surface area contributed by atoms with Crippen LogP contribution < -0.4 is 28.9 Å². The molecule has 6 N–H and O–H groups in total. The molecule has 1 aromatic carbocycles. The molecule has 0 unspecified atom stereocenters. The van der Waals surface area contributed by atoms with Crippen LogP contribution in [-0.4, -0.2) is 23.6 Å². The molecule has 0 spiro atoms. The van der Waals surface area contributed by atoms with Crippen LogP contribution in [0.4, 0.5) is 5.69 Å². The van der Waals surface area contributed by atoms with Gasteiger partial charge in [0, 0.05) is 12.3 Å². The summed E-state index contributed by atoms with van der Waals surface area (Å²) in [6.07, 6.45) is 0. The van der Waals surface area contributed by atoms with E-state index in [-0.39, 0.29) is 19.0 Å². The zero-order valence-electron chi connectivity index (χ0n) is 10.6. The van der Waals surface area contributed by atoms with Gasteiger partial charge in [0.15, 0.2) is 0 Å². The summed E-state index contributed by atoms with van der Waals surface area (Å²) in [7, 11) is 0. The Morgan fingerprint density at radius 2 is 1.71 bits per heavy atom. The average Bonchev–Trinajstić information content (AvgIpc) is 2.18. The topological polar surface area (TPSA) is 86.2 Å². The van der Waals surface area contributed by atoms with Crippen LogP contribution in [0.3, 0.4) is 0 Å². The smallest absolute Gasteiger partial charge is 0.272 e. The van der Waals surface area contributed by atoms with E-state index in [0.717, 1.165) is 11.3 Å². The Morgan fingerprint density at radius 3 is 2.06 bits per heavy atom. The van der Waals surface area contributed by atoms with Crippen LogP contribution in [0.15, 0.2) is 24.3 Å². The summed E-state index contributed by atoms with van der Waals surface area (Å²) >= 11 is 0. The van der Waals surface area contributed by atoms with Crippen LogP contribution >= 0.6 is 0 Å². The zero-order valence-corrected chi connectivity index (χ0v) is 11.3. The highest BCUT2D eigenvalue weighted by molar-refractivity contribution is 5.93. The number of amidine groups is 1. The number of anilines is 1. The van der Waals surface area contributed by atoms with E-state index < -0.39 is 0 Å². The molecule has 17 heavy (non-hydrogen) atoms. The van der Waals surface area contributed by atoms with Gasteiger partial charge in [-0.25, -0.2) is 0 Å². The molecule has 0 aliphatic rings. The van der Waals surface area contributed by atoms with Gasteiger partial charge >= 0.3 is 0 Å². The van der Waals surface area contributed by atoms with Crippen molar-refractivity contribution in [1.29, 1.82) is 0 Å². The summed E-state index contributed by atoms with van der Waals surface area (Å²) in [6.45, 7) is 6.02. The number of nitrogens with one attached hydrogen (secondary N) is 1. The summed E-state index contributed by atoms with van der Waals surface area (Å²) in [5.41, 5.74) is 13.1. The summed E-state index contributed by atoms with van der Waals surface area (Å²) in [5, 5.41) is 7.57. The maximum Gasteiger partial charge on any atom is 0.272 e. The van der Waals surface area contributed by atoms with Gasteiger partial charge in [0.05, 0.1) is 11.6 Å². The summed E-state index contributed by atoms with van der Waals surface area (Å²) in [5.74, 6) is 0.690. The summed E-state index contributed by atoms with van der Waals surface area (Å²) in [6, 6.07) is 7.83. The number of aliphatic hydroxyl groups excluding tert-OH is 1. The SMILES string of the molecule is CC(C)[NH+]=C(N)c1ccc(N)cc1.CCO.[Cl-]. The van der Waals surface area contributed by atoms with Crippen LogP contribution in [0.5, 0.6) is 0 Å². The predicted molar refractivity (Wildman–Crippen MR) is 68.0 cm³/mol. The minimum atomic E-state index is 0. The first-order valence-corrected chi connectivity index (χ1v) is 5.37. The van der Waals surface area contributed by atoms with E-state index in [2.05, 4.69) is 4.99 Å². The number of hydrogen-bond donors (Lipinski definition) is 4. The lowest BCUT2D eigenvalue weighted by Crippen LogP contribution is -3.00. The second-order valence-electron chi connectivity index (χ2n) is 3.65. The lowest BCUT2D eigenvalue weighted by atomic mass is 10.2. The molecule has 1 aromatic rings. The molecule has 0 saturated carbocycles. The van der Waals surface area contributed by atoms with Gasteiger partial charge in [-0.2, -0.15) is 0 Å². The van der Waals surface area contributed by atoms with Crippen molar-refractivity contribution in [2.24, 2.45) is 5.73 Å². The largest absolute Gasteiger partial charge is 1.00 e. The highest BCUT2D eigenvalue weighted by atomic mass is 35.5. The Kier molecular flexibility index (Phi) is 10.6. The van der Waals surface area contributed by atoms with Crippen molar-refractivity contribution in [1.82, 2.24) is 0 Å². The average molecular weight is 260 g/mol. The highest BCUT2D eigenvalue weighted by Crippen LogP contribution is 2.02. The fraction of sp³-hybridized carbons (Fsp3) is 0.417. The van der Waals surface area contributed by atoms with Gasteiger partial charge in [0.1, 0.15) is 0 Å². The third kappa shape index (κ3) is 8.54. The van der Waals surface area contributed by atoms with Gasteiger partial charge in [-0.05, 0) is 45.0 Å². The van der Waals surface area contributed by atoms with E-state index in [0.29, 0.717) is 11.9 Å². The number of halogens is 1. The molecule has 0 saturated heterocycles. The van der Waals surface area contributed by atoms with E-state index >= 15 is 0 Å². The molecule has 1 rings (SSSR count). The summed E-state index contributed by atoms with van der Waals surface area (Å²) in [4.78, 5) is 3.13. The predicted octanol–water partition coefficient (Wildman–Crippen LogP) is -3.53. The summed E-state index contributed by atoms with van der Waals surface area (Å²) < 4.78 is 0. The molecule has 0 aliphatic carbocycles. The van der Waals surface area contributed by atoms with E-state index in [1.165, 1.54) is 0 Å². The van der Waals surface area contributed by atoms with Crippen molar-refractivity contribution in [2.45, 2.75) is 26.8 Å². The molecule has 0 atom stereocenters. The van der Waals surface area contributed by atoms with Crippen LogP contribution in [0.1, 0.15) is 26.3 Å². The van der Waals surface area contributed by atoms with Crippen molar-refractivity contribution in [3.8, 4) is 0 Å². The van der Waals surface area contributed by atoms with E-state index in [4.69, 9.17) is 16.6 Å². The van der Waals surface area contributed by atoms with E-state index in [9.17, 15) is 0 Å². The van der Waals surface area contributed by atoms with Crippen LogP contribution in [0.25, 0.3) is 0 Å². The quantitative estimate of drug-likeness (QED) is 0.252. The molecule has 0 amide bonds. The first-order chi connectivity index (χ1) is 7.51. The van der Waals surface area contributed by atoms with Crippen LogP contribution in [0.2, 0.25) is 0 Å². The number of hydrogen-bond acceptors (Lipinski definition) is 2. The zero-order chi connectivity index (χ0) is 12.6. The van der Waals surface area contributed by atoms with Crippen molar-refractivity contribution < 1.29 is 22.5 Å². The Morgan fingerprint density at radius 1 is 1.29 bits per heavy atom. The first-order valence-electron chi connectivity index (χ1n) is 5.37. The number of nitrogen functional groups attached to an aromatic ring is 2. The van der Waals surface area contributed by atoms with Gasteiger partial charge in [0.2, 0.25) is 0 Å². The van der Waals surface area contributed by atoms with Gasteiger partial charge in [-0.1, -0.05) is 0 Å².